The monoisotopic (exact) mass is 339 g/mol. The fraction of sp³-hybridized carbons (Fsp3) is 0.133. The molecule has 0 aliphatic heterocycles. The molecule has 0 saturated carbocycles. The molecule has 2 rings (SSSR count). The fourth-order valence-corrected chi connectivity index (χ4v) is 2.15. The van der Waals surface area contributed by atoms with Crippen molar-refractivity contribution >= 4 is 27.5 Å². The molecule has 0 bridgehead atoms. The summed E-state index contributed by atoms with van der Waals surface area (Å²) in [5, 5.41) is 2.69. The van der Waals surface area contributed by atoms with E-state index in [0.29, 0.717) is 16.8 Å². The molecule has 104 valence electrons. The van der Waals surface area contributed by atoms with Gasteiger partial charge in [0.1, 0.15) is 11.6 Å². The number of amides is 1. The zero-order chi connectivity index (χ0) is 14.7. The number of anilines is 1. The number of benzene rings is 2. The van der Waals surface area contributed by atoms with Gasteiger partial charge in [-0.3, -0.25) is 4.79 Å². The molecule has 0 atom stereocenters. The molecule has 2 nitrogen and oxygen atoms in total. The van der Waals surface area contributed by atoms with E-state index in [0.717, 1.165) is 0 Å². The van der Waals surface area contributed by atoms with Crippen LogP contribution in [0.15, 0.2) is 40.9 Å². The minimum absolute atomic E-state index is 0.0617. The van der Waals surface area contributed by atoms with Crippen LogP contribution in [-0.4, -0.2) is 5.91 Å². The third-order valence-corrected chi connectivity index (χ3v) is 3.40. The molecule has 2 aromatic rings. The van der Waals surface area contributed by atoms with Gasteiger partial charge < -0.3 is 5.32 Å². The Hall–Kier alpha value is -1.75. The topological polar surface area (TPSA) is 29.1 Å². The highest BCUT2D eigenvalue weighted by Crippen LogP contribution is 2.24. The van der Waals surface area contributed by atoms with E-state index >= 15 is 0 Å². The summed E-state index contributed by atoms with van der Waals surface area (Å²) < 4.78 is 26.6. The van der Waals surface area contributed by atoms with Crippen LogP contribution >= 0.6 is 15.9 Å². The summed E-state index contributed by atoms with van der Waals surface area (Å²) in [6.07, 6.45) is 0.0617. The van der Waals surface area contributed by atoms with Gasteiger partial charge in [0.25, 0.3) is 0 Å². The largest absolute Gasteiger partial charge is 0.326 e. The smallest absolute Gasteiger partial charge is 0.228 e. The highest BCUT2D eigenvalue weighted by molar-refractivity contribution is 9.10. The van der Waals surface area contributed by atoms with Crippen molar-refractivity contribution in [3.63, 3.8) is 0 Å². The van der Waals surface area contributed by atoms with Crippen LogP contribution in [0, 0.1) is 18.6 Å². The first-order valence-electron chi connectivity index (χ1n) is 5.95. The van der Waals surface area contributed by atoms with Gasteiger partial charge in [0.05, 0.1) is 10.9 Å². The SMILES string of the molecule is Cc1cc(F)c(Br)cc1NC(=O)Cc1cccc(F)c1. The average molecular weight is 340 g/mol. The van der Waals surface area contributed by atoms with Crippen molar-refractivity contribution in [1.29, 1.82) is 0 Å². The second-order valence-electron chi connectivity index (χ2n) is 4.44. The van der Waals surface area contributed by atoms with E-state index in [2.05, 4.69) is 21.2 Å². The van der Waals surface area contributed by atoms with Crippen molar-refractivity contribution in [2.75, 3.05) is 5.32 Å². The summed E-state index contributed by atoms with van der Waals surface area (Å²) in [7, 11) is 0. The van der Waals surface area contributed by atoms with Gasteiger partial charge in [-0.2, -0.15) is 0 Å². The van der Waals surface area contributed by atoms with Crippen molar-refractivity contribution in [3.8, 4) is 0 Å². The number of rotatable bonds is 3. The number of hydrogen-bond acceptors (Lipinski definition) is 1. The molecule has 0 spiro atoms. The van der Waals surface area contributed by atoms with Gasteiger partial charge in [-0.05, 0) is 58.2 Å². The van der Waals surface area contributed by atoms with Crippen LogP contribution in [0.4, 0.5) is 14.5 Å². The fourth-order valence-electron chi connectivity index (χ4n) is 1.81. The minimum Gasteiger partial charge on any atom is -0.326 e. The van der Waals surface area contributed by atoms with Crippen molar-refractivity contribution in [3.05, 3.63) is 63.6 Å². The number of hydrogen-bond donors (Lipinski definition) is 1. The van der Waals surface area contributed by atoms with E-state index < -0.39 is 0 Å². The lowest BCUT2D eigenvalue weighted by atomic mass is 10.1. The Morgan fingerprint density at radius 2 is 2.00 bits per heavy atom. The van der Waals surface area contributed by atoms with Crippen LogP contribution in [-0.2, 0) is 11.2 Å². The van der Waals surface area contributed by atoms with E-state index in [9.17, 15) is 13.6 Å². The van der Waals surface area contributed by atoms with E-state index in [-0.39, 0.29) is 28.4 Å². The van der Waals surface area contributed by atoms with Gasteiger partial charge in [-0.1, -0.05) is 12.1 Å². The third-order valence-electron chi connectivity index (χ3n) is 2.80. The molecule has 0 aliphatic rings. The first-order chi connectivity index (χ1) is 9.45. The number of halogens is 3. The van der Waals surface area contributed by atoms with Crippen LogP contribution in [0.2, 0.25) is 0 Å². The van der Waals surface area contributed by atoms with E-state index in [1.807, 2.05) is 0 Å². The first-order valence-corrected chi connectivity index (χ1v) is 6.75. The molecule has 0 aromatic heterocycles. The molecule has 0 heterocycles. The second kappa shape index (κ2) is 6.13. The summed E-state index contributed by atoms with van der Waals surface area (Å²) in [6.45, 7) is 1.70. The highest BCUT2D eigenvalue weighted by atomic mass is 79.9. The minimum atomic E-state index is -0.384. The van der Waals surface area contributed by atoms with Crippen molar-refractivity contribution < 1.29 is 13.6 Å². The van der Waals surface area contributed by atoms with Gasteiger partial charge in [-0.15, -0.1) is 0 Å². The molecule has 0 fully saturated rings. The lowest BCUT2D eigenvalue weighted by molar-refractivity contribution is -0.115. The van der Waals surface area contributed by atoms with Crippen LogP contribution < -0.4 is 5.32 Å². The van der Waals surface area contributed by atoms with Crippen molar-refractivity contribution in [2.24, 2.45) is 0 Å². The molecule has 0 saturated heterocycles. The predicted octanol–water partition coefficient (Wildman–Crippen LogP) is 4.22. The summed E-state index contributed by atoms with van der Waals surface area (Å²) in [5.74, 6) is -1.04. The molecule has 1 amide bonds. The zero-order valence-electron chi connectivity index (χ0n) is 10.7. The summed E-state index contributed by atoms with van der Waals surface area (Å²) in [6, 6.07) is 8.71. The molecule has 0 unspecified atom stereocenters. The van der Waals surface area contributed by atoms with Crippen molar-refractivity contribution in [1.82, 2.24) is 0 Å². The predicted molar refractivity (Wildman–Crippen MR) is 77.6 cm³/mol. The maximum Gasteiger partial charge on any atom is 0.228 e. The first kappa shape index (κ1) is 14.7. The number of carbonyl (C=O) groups is 1. The Kier molecular flexibility index (Phi) is 4.49. The van der Waals surface area contributed by atoms with Crippen LogP contribution in [0.1, 0.15) is 11.1 Å². The Balaban J connectivity index is 2.10. The molecule has 5 heteroatoms. The average Bonchev–Trinajstić information content (AvgIpc) is 2.36. The van der Waals surface area contributed by atoms with E-state index in [4.69, 9.17) is 0 Å². The van der Waals surface area contributed by atoms with Crippen LogP contribution in [0.3, 0.4) is 0 Å². The quantitative estimate of drug-likeness (QED) is 0.891. The lowest BCUT2D eigenvalue weighted by Gasteiger charge is -2.09. The Morgan fingerprint density at radius 1 is 1.25 bits per heavy atom. The number of aryl methyl sites for hydroxylation is 1. The standard InChI is InChI=1S/C15H12BrF2NO/c1-9-5-13(18)12(16)8-14(9)19-15(20)7-10-3-2-4-11(17)6-10/h2-6,8H,7H2,1H3,(H,19,20). The van der Waals surface area contributed by atoms with E-state index in [1.165, 1.54) is 24.3 Å². The molecule has 0 aliphatic carbocycles. The Labute approximate surface area is 123 Å². The van der Waals surface area contributed by atoms with Gasteiger partial charge in [0, 0.05) is 5.69 Å². The third kappa shape index (κ3) is 3.63. The summed E-state index contributed by atoms with van der Waals surface area (Å²) in [4.78, 5) is 11.9. The molecule has 2 aromatic carbocycles. The Bertz CT molecular complexity index is 658. The maximum absolute atomic E-state index is 13.3. The van der Waals surface area contributed by atoms with Gasteiger partial charge in [-0.25, -0.2) is 8.78 Å². The second-order valence-corrected chi connectivity index (χ2v) is 5.29. The molecular weight excluding hydrogens is 328 g/mol. The normalized spacial score (nSPS) is 10.4. The zero-order valence-corrected chi connectivity index (χ0v) is 12.3. The van der Waals surface area contributed by atoms with Crippen LogP contribution in [0.25, 0.3) is 0 Å². The maximum atomic E-state index is 13.3. The number of carbonyl (C=O) groups excluding carboxylic acids is 1. The van der Waals surface area contributed by atoms with Crippen LogP contribution in [0.5, 0.6) is 0 Å². The van der Waals surface area contributed by atoms with Crippen molar-refractivity contribution in [2.45, 2.75) is 13.3 Å². The lowest BCUT2D eigenvalue weighted by Crippen LogP contribution is -2.15. The highest BCUT2D eigenvalue weighted by Gasteiger charge is 2.09. The van der Waals surface area contributed by atoms with Gasteiger partial charge in [0.2, 0.25) is 5.91 Å². The molecule has 1 N–H and O–H groups in total. The number of nitrogens with one attached hydrogen (secondary N) is 1. The van der Waals surface area contributed by atoms with Gasteiger partial charge in [0.15, 0.2) is 0 Å². The molecule has 0 radical (unpaired) electrons. The Morgan fingerprint density at radius 3 is 2.70 bits per heavy atom. The summed E-state index contributed by atoms with van der Waals surface area (Å²) in [5.41, 5.74) is 1.74. The van der Waals surface area contributed by atoms with Gasteiger partial charge >= 0.3 is 0 Å². The molecule has 20 heavy (non-hydrogen) atoms. The summed E-state index contributed by atoms with van der Waals surface area (Å²) >= 11 is 3.07. The van der Waals surface area contributed by atoms with E-state index in [1.54, 1.807) is 19.1 Å². The molecular formula is C15H12BrF2NO.